The summed E-state index contributed by atoms with van der Waals surface area (Å²) in [6, 6.07) is 14.7. The van der Waals surface area contributed by atoms with E-state index in [9.17, 15) is 8.42 Å². The lowest BCUT2D eigenvalue weighted by Crippen LogP contribution is -2.49. The monoisotopic (exact) mass is 395 g/mol. The number of aromatic nitrogens is 3. The van der Waals surface area contributed by atoms with Crippen LogP contribution >= 0.6 is 0 Å². The Hall–Kier alpha value is -2.84. The maximum absolute atomic E-state index is 12.9. The first-order valence-corrected chi connectivity index (χ1v) is 10.5. The number of nitrogens with zero attached hydrogens (tertiary/aromatic N) is 5. The Balaban J connectivity index is 1.44. The second-order valence-electron chi connectivity index (χ2n) is 6.72. The molecule has 1 aromatic carbocycles. The molecule has 8 heteroatoms. The van der Waals surface area contributed by atoms with Crippen molar-refractivity contribution in [2.75, 3.05) is 31.1 Å². The minimum atomic E-state index is -3.47. The van der Waals surface area contributed by atoms with Gasteiger partial charge in [0, 0.05) is 44.1 Å². The van der Waals surface area contributed by atoms with Crippen LogP contribution in [0.5, 0.6) is 0 Å². The van der Waals surface area contributed by atoms with Crippen molar-refractivity contribution in [2.24, 2.45) is 0 Å². The summed E-state index contributed by atoms with van der Waals surface area (Å²) in [5.74, 6) is 0.755. The van der Waals surface area contributed by atoms with Gasteiger partial charge in [-0.1, -0.05) is 12.1 Å². The van der Waals surface area contributed by atoms with Crippen LogP contribution in [-0.2, 0) is 10.0 Å². The van der Waals surface area contributed by atoms with E-state index in [0.717, 1.165) is 22.6 Å². The second kappa shape index (κ2) is 7.65. The maximum Gasteiger partial charge on any atom is 0.243 e. The topological polar surface area (TPSA) is 79.3 Å². The minimum absolute atomic E-state index is 0.349. The van der Waals surface area contributed by atoms with E-state index < -0.39 is 10.0 Å². The SMILES string of the molecule is Cc1cccc(S(=O)(=O)N2CCN(c3ccc(-c4ccncc4)nn3)CC2)c1. The molecule has 3 aromatic rings. The fraction of sp³-hybridized carbons (Fsp3) is 0.250. The maximum atomic E-state index is 12.9. The quantitative estimate of drug-likeness (QED) is 0.675. The van der Waals surface area contributed by atoms with Crippen LogP contribution < -0.4 is 4.90 Å². The van der Waals surface area contributed by atoms with Crippen molar-refractivity contribution in [3.05, 3.63) is 66.5 Å². The molecule has 0 bridgehead atoms. The van der Waals surface area contributed by atoms with Gasteiger partial charge in [-0.15, -0.1) is 10.2 Å². The molecule has 0 N–H and O–H groups in total. The van der Waals surface area contributed by atoms with Crippen LogP contribution in [0.25, 0.3) is 11.3 Å². The van der Waals surface area contributed by atoms with Gasteiger partial charge in [-0.3, -0.25) is 4.98 Å². The van der Waals surface area contributed by atoms with Crippen LogP contribution in [0, 0.1) is 6.92 Å². The molecule has 1 aliphatic rings. The Morgan fingerprint density at radius 3 is 2.29 bits per heavy atom. The van der Waals surface area contributed by atoms with E-state index in [0.29, 0.717) is 31.1 Å². The highest BCUT2D eigenvalue weighted by Crippen LogP contribution is 2.22. The fourth-order valence-corrected chi connectivity index (χ4v) is 4.78. The zero-order chi connectivity index (χ0) is 19.6. The summed E-state index contributed by atoms with van der Waals surface area (Å²) in [5.41, 5.74) is 2.68. The van der Waals surface area contributed by atoms with Crippen molar-refractivity contribution in [3.63, 3.8) is 0 Å². The number of hydrogen-bond acceptors (Lipinski definition) is 6. The van der Waals surface area contributed by atoms with Gasteiger partial charge in [0.25, 0.3) is 0 Å². The van der Waals surface area contributed by atoms with E-state index in [1.54, 1.807) is 30.6 Å². The van der Waals surface area contributed by atoms with Gasteiger partial charge in [-0.05, 0) is 48.9 Å². The number of anilines is 1. The molecule has 3 heterocycles. The fourth-order valence-electron chi connectivity index (χ4n) is 3.25. The normalized spacial score (nSPS) is 15.5. The van der Waals surface area contributed by atoms with Crippen molar-refractivity contribution in [1.29, 1.82) is 0 Å². The summed E-state index contributed by atoms with van der Waals surface area (Å²) >= 11 is 0. The van der Waals surface area contributed by atoms with Crippen LogP contribution in [0.2, 0.25) is 0 Å². The third-order valence-electron chi connectivity index (χ3n) is 4.82. The third-order valence-corrected chi connectivity index (χ3v) is 6.71. The predicted octanol–water partition coefficient (Wildman–Crippen LogP) is 2.36. The number of hydrogen-bond donors (Lipinski definition) is 0. The smallest absolute Gasteiger partial charge is 0.243 e. The van der Waals surface area contributed by atoms with Crippen LogP contribution in [0.4, 0.5) is 5.82 Å². The molecule has 0 radical (unpaired) electrons. The first-order valence-electron chi connectivity index (χ1n) is 9.10. The average molecular weight is 395 g/mol. The summed E-state index contributed by atoms with van der Waals surface area (Å²) in [6.45, 7) is 3.89. The van der Waals surface area contributed by atoms with E-state index in [1.165, 1.54) is 4.31 Å². The van der Waals surface area contributed by atoms with Crippen LogP contribution in [-0.4, -0.2) is 54.1 Å². The number of aryl methyl sites for hydroxylation is 1. The molecule has 1 fully saturated rings. The number of benzene rings is 1. The molecule has 144 valence electrons. The highest BCUT2D eigenvalue weighted by atomic mass is 32.2. The summed E-state index contributed by atoms with van der Waals surface area (Å²) in [7, 11) is -3.47. The molecule has 2 aromatic heterocycles. The molecular weight excluding hydrogens is 374 g/mol. The Morgan fingerprint density at radius 1 is 0.893 bits per heavy atom. The van der Waals surface area contributed by atoms with Crippen LogP contribution in [0.3, 0.4) is 0 Å². The first-order chi connectivity index (χ1) is 13.5. The van der Waals surface area contributed by atoms with Crippen molar-refractivity contribution in [2.45, 2.75) is 11.8 Å². The average Bonchev–Trinajstić information content (AvgIpc) is 2.75. The molecule has 0 spiro atoms. The van der Waals surface area contributed by atoms with Crippen LogP contribution in [0.1, 0.15) is 5.56 Å². The first kappa shape index (κ1) is 18.5. The molecule has 7 nitrogen and oxygen atoms in total. The van der Waals surface area contributed by atoms with Gasteiger partial charge in [0.2, 0.25) is 10.0 Å². The molecular formula is C20H21N5O2S. The molecule has 1 aliphatic heterocycles. The summed E-state index contributed by atoms with van der Waals surface area (Å²) in [5, 5.41) is 8.62. The summed E-state index contributed by atoms with van der Waals surface area (Å²) in [6.07, 6.45) is 3.44. The second-order valence-corrected chi connectivity index (χ2v) is 8.66. The zero-order valence-corrected chi connectivity index (χ0v) is 16.4. The van der Waals surface area contributed by atoms with Gasteiger partial charge in [0.15, 0.2) is 5.82 Å². The molecule has 0 aliphatic carbocycles. The number of sulfonamides is 1. The van der Waals surface area contributed by atoms with Gasteiger partial charge in [0.1, 0.15) is 0 Å². The Morgan fingerprint density at radius 2 is 1.64 bits per heavy atom. The molecule has 0 atom stereocenters. The number of piperazine rings is 1. The molecule has 0 amide bonds. The summed E-state index contributed by atoms with van der Waals surface area (Å²) in [4.78, 5) is 6.42. The molecule has 28 heavy (non-hydrogen) atoms. The highest BCUT2D eigenvalue weighted by Gasteiger charge is 2.29. The lowest BCUT2D eigenvalue weighted by molar-refractivity contribution is 0.383. The highest BCUT2D eigenvalue weighted by molar-refractivity contribution is 7.89. The van der Waals surface area contributed by atoms with E-state index >= 15 is 0 Å². The third kappa shape index (κ3) is 3.74. The van der Waals surface area contributed by atoms with Gasteiger partial charge >= 0.3 is 0 Å². The molecule has 0 saturated carbocycles. The van der Waals surface area contributed by atoms with E-state index in [4.69, 9.17) is 0 Å². The molecule has 4 rings (SSSR count). The van der Waals surface area contributed by atoms with Gasteiger partial charge < -0.3 is 4.90 Å². The van der Waals surface area contributed by atoms with E-state index in [-0.39, 0.29) is 0 Å². The van der Waals surface area contributed by atoms with E-state index in [1.807, 2.05) is 37.3 Å². The lowest BCUT2D eigenvalue weighted by Gasteiger charge is -2.34. The largest absolute Gasteiger partial charge is 0.352 e. The molecule has 0 unspecified atom stereocenters. The van der Waals surface area contributed by atoms with Crippen molar-refractivity contribution in [1.82, 2.24) is 19.5 Å². The standard InChI is InChI=1S/C20H21N5O2S/c1-16-3-2-4-18(15-16)28(26,27)25-13-11-24(12-14-25)20-6-5-19(22-23-20)17-7-9-21-10-8-17/h2-10,15H,11-14H2,1H3. The van der Waals surface area contributed by atoms with Gasteiger partial charge in [-0.2, -0.15) is 4.31 Å². The Kier molecular flexibility index (Phi) is 5.06. The van der Waals surface area contributed by atoms with Crippen molar-refractivity contribution >= 4 is 15.8 Å². The Labute approximate surface area is 164 Å². The van der Waals surface area contributed by atoms with Gasteiger partial charge in [-0.25, -0.2) is 8.42 Å². The predicted molar refractivity (Wildman–Crippen MR) is 107 cm³/mol. The van der Waals surface area contributed by atoms with Crippen molar-refractivity contribution < 1.29 is 8.42 Å². The lowest BCUT2D eigenvalue weighted by atomic mass is 10.2. The van der Waals surface area contributed by atoms with Crippen molar-refractivity contribution in [3.8, 4) is 11.3 Å². The molecule has 1 saturated heterocycles. The minimum Gasteiger partial charge on any atom is -0.352 e. The Bertz CT molecular complexity index is 1050. The van der Waals surface area contributed by atoms with Gasteiger partial charge in [0.05, 0.1) is 10.6 Å². The van der Waals surface area contributed by atoms with E-state index in [2.05, 4.69) is 20.1 Å². The van der Waals surface area contributed by atoms with Crippen LogP contribution in [0.15, 0.2) is 65.8 Å². The zero-order valence-electron chi connectivity index (χ0n) is 15.6. The number of pyridine rings is 1. The number of rotatable bonds is 4. The summed E-state index contributed by atoms with van der Waals surface area (Å²) < 4.78 is 27.3.